The van der Waals surface area contributed by atoms with Crippen molar-refractivity contribution in [2.45, 2.75) is 31.2 Å². The van der Waals surface area contributed by atoms with Gasteiger partial charge >= 0.3 is 0 Å². The standard InChI is InChI=1S/C19H20ClN3O2S/c1-14(2)16-6-8-19(9-7-16)26(24,25)22-18-11-21-23(13-18)12-15-4-3-5-17(20)10-15/h3-11,13-14,22H,12H2,1-2H3. The number of halogens is 1. The second-order valence-corrected chi connectivity index (χ2v) is 8.50. The maximum Gasteiger partial charge on any atom is 0.261 e. The molecule has 3 rings (SSSR count). The molecule has 7 heteroatoms. The van der Waals surface area contributed by atoms with Gasteiger partial charge in [0.05, 0.1) is 23.3 Å². The molecule has 0 radical (unpaired) electrons. The molecule has 0 aliphatic heterocycles. The van der Waals surface area contributed by atoms with E-state index in [9.17, 15) is 8.42 Å². The first kappa shape index (κ1) is 18.5. The topological polar surface area (TPSA) is 64.0 Å². The Labute approximate surface area is 158 Å². The summed E-state index contributed by atoms with van der Waals surface area (Å²) in [5.41, 5.74) is 2.50. The zero-order valence-corrected chi connectivity index (χ0v) is 16.1. The Morgan fingerprint density at radius 1 is 1.15 bits per heavy atom. The van der Waals surface area contributed by atoms with Gasteiger partial charge in [-0.1, -0.05) is 49.7 Å². The number of hydrogen-bond acceptors (Lipinski definition) is 3. The predicted molar refractivity (Wildman–Crippen MR) is 104 cm³/mol. The number of nitrogens with one attached hydrogen (secondary N) is 1. The fourth-order valence-corrected chi connectivity index (χ4v) is 3.81. The lowest BCUT2D eigenvalue weighted by Crippen LogP contribution is -2.12. The van der Waals surface area contributed by atoms with Gasteiger partial charge in [-0.15, -0.1) is 0 Å². The Morgan fingerprint density at radius 3 is 2.54 bits per heavy atom. The molecule has 0 saturated carbocycles. The highest BCUT2D eigenvalue weighted by Crippen LogP contribution is 2.20. The van der Waals surface area contributed by atoms with E-state index in [0.717, 1.165) is 11.1 Å². The third kappa shape index (κ3) is 4.45. The van der Waals surface area contributed by atoms with Crippen LogP contribution in [0.5, 0.6) is 0 Å². The van der Waals surface area contributed by atoms with Gasteiger partial charge in [0.15, 0.2) is 0 Å². The van der Waals surface area contributed by atoms with E-state index in [1.54, 1.807) is 29.1 Å². The van der Waals surface area contributed by atoms with Crippen LogP contribution in [-0.2, 0) is 16.6 Å². The lowest BCUT2D eigenvalue weighted by atomic mass is 10.0. The van der Waals surface area contributed by atoms with Crippen LogP contribution in [-0.4, -0.2) is 18.2 Å². The van der Waals surface area contributed by atoms with Gasteiger partial charge in [0.25, 0.3) is 10.0 Å². The zero-order chi connectivity index (χ0) is 18.7. The van der Waals surface area contributed by atoms with Gasteiger partial charge in [0.2, 0.25) is 0 Å². The molecule has 0 unspecified atom stereocenters. The lowest BCUT2D eigenvalue weighted by Gasteiger charge is -2.08. The summed E-state index contributed by atoms with van der Waals surface area (Å²) in [4.78, 5) is 0.226. The molecule has 1 heterocycles. The van der Waals surface area contributed by atoms with Crippen molar-refractivity contribution >= 4 is 27.3 Å². The molecule has 3 aromatic rings. The van der Waals surface area contributed by atoms with Gasteiger partial charge < -0.3 is 0 Å². The molecule has 0 spiro atoms. The van der Waals surface area contributed by atoms with E-state index in [1.165, 1.54) is 6.20 Å². The first-order valence-electron chi connectivity index (χ1n) is 8.23. The average molecular weight is 390 g/mol. The summed E-state index contributed by atoms with van der Waals surface area (Å²) in [5.74, 6) is 0.351. The monoisotopic (exact) mass is 389 g/mol. The molecule has 0 aliphatic rings. The lowest BCUT2D eigenvalue weighted by molar-refractivity contribution is 0.601. The highest BCUT2D eigenvalue weighted by molar-refractivity contribution is 7.92. The van der Waals surface area contributed by atoms with Crippen molar-refractivity contribution in [3.8, 4) is 0 Å². The molecule has 0 saturated heterocycles. The fraction of sp³-hybridized carbons (Fsp3) is 0.211. The summed E-state index contributed by atoms with van der Waals surface area (Å²) in [5, 5.41) is 4.86. The second-order valence-electron chi connectivity index (χ2n) is 6.39. The molecule has 1 aromatic heterocycles. The smallest absolute Gasteiger partial charge is 0.261 e. The van der Waals surface area contributed by atoms with Crippen molar-refractivity contribution < 1.29 is 8.42 Å². The molecule has 0 atom stereocenters. The Kier molecular flexibility index (Phi) is 5.34. The number of hydrogen-bond donors (Lipinski definition) is 1. The molecule has 0 bridgehead atoms. The zero-order valence-electron chi connectivity index (χ0n) is 14.6. The number of rotatable bonds is 6. The molecule has 0 aliphatic carbocycles. The predicted octanol–water partition coefficient (Wildman–Crippen LogP) is 4.51. The highest BCUT2D eigenvalue weighted by Gasteiger charge is 2.15. The van der Waals surface area contributed by atoms with Gasteiger partial charge in [-0.25, -0.2) is 8.42 Å². The van der Waals surface area contributed by atoms with Crippen molar-refractivity contribution in [1.29, 1.82) is 0 Å². The third-order valence-corrected chi connectivity index (χ3v) is 5.61. The molecule has 1 N–H and O–H groups in total. The van der Waals surface area contributed by atoms with Gasteiger partial charge in [-0.05, 0) is 41.3 Å². The van der Waals surface area contributed by atoms with Gasteiger partial charge in [-0.3, -0.25) is 9.40 Å². The molecular formula is C19H20ClN3O2S. The molecule has 2 aromatic carbocycles. The second kappa shape index (κ2) is 7.51. The van der Waals surface area contributed by atoms with Crippen LogP contribution < -0.4 is 4.72 Å². The van der Waals surface area contributed by atoms with Gasteiger partial charge in [0, 0.05) is 11.2 Å². The van der Waals surface area contributed by atoms with Crippen molar-refractivity contribution in [2.75, 3.05) is 4.72 Å². The van der Waals surface area contributed by atoms with E-state index < -0.39 is 10.0 Å². The molecular weight excluding hydrogens is 370 g/mol. The van der Waals surface area contributed by atoms with Crippen LogP contribution in [0.2, 0.25) is 5.02 Å². The number of aromatic nitrogens is 2. The maximum absolute atomic E-state index is 12.5. The van der Waals surface area contributed by atoms with Crippen molar-refractivity contribution in [3.63, 3.8) is 0 Å². The molecule has 0 amide bonds. The number of benzene rings is 2. The number of nitrogens with zero attached hydrogens (tertiary/aromatic N) is 2. The Balaban J connectivity index is 1.73. The molecule has 0 fully saturated rings. The van der Waals surface area contributed by atoms with E-state index in [2.05, 4.69) is 23.7 Å². The first-order chi connectivity index (χ1) is 12.3. The Hall–Kier alpha value is -2.31. The number of anilines is 1. The Morgan fingerprint density at radius 2 is 1.88 bits per heavy atom. The average Bonchev–Trinajstić information content (AvgIpc) is 3.01. The maximum atomic E-state index is 12.5. The minimum absolute atomic E-state index is 0.226. The van der Waals surface area contributed by atoms with Crippen LogP contribution in [0.15, 0.2) is 65.8 Å². The summed E-state index contributed by atoms with van der Waals surface area (Å²) < 4.78 is 29.3. The van der Waals surface area contributed by atoms with E-state index in [1.807, 2.05) is 30.3 Å². The minimum atomic E-state index is -3.65. The van der Waals surface area contributed by atoms with Crippen molar-refractivity contribution in [1.82, 2.24) is 9.78 Å². The third-order valence-electron chi connectivity index (χ3n) is 3.98. The SMILES string of the molecule is CC(C)c1ccc(S(=O)(=O)Nc2cnn(Cc3cccc(Cl)c3)c2)cc1. The summed E-state index contributed by atoms with van der Waals surface area (Å²) in [7, 11) is -3.65. The van der Waals surface area contributed by atoms with E-state index in [0.29, 0.717) is 23.2 Å². The van der Waals surface area contributed by atoms with Crippen LogP contribution in [0.1, 0.15) is 30.9 Å². The first-order valence-corrected chi connectivity index (χ1v) is 10.1. The molecule has 136 valence electrons. The normalized spacial score (nSPS) is 11.7. The van der Waals surface area contributed by atoms with Crippen LogP contribution in [0, 0.1) is 0 Å². The summed E-state index contributed by atoms with van der Waals surface area (Å²) in [6.07, 6.45) is 3.14. The van der Waals surface area contributed by atoms with Crippen LogP contribution in [0.3, 0.4) is 0 Å². The fourth-order valence-electron chi connectivity index (χ4n) is 2.57. The Bertz CT molecular complexity index is 996. The van der Waals surface area contributed by atoms with Crippen LogP contribution in [0.25, 0.3) is 0 Å². The number of sulfonamides is 1. The quantitative estimate of drug-likeness (QED) is 0.674. The van der Waals surface area contributed by atoms with Crippen molar-refractivity contribution in [3.05, 3.63) is 77.1 Å². The van der Waals surface area contributed by atoms with E-state index in [-0.39, 0.29) is 4.90 Å². The minimum Gasteiger partial charge on any atom is -0.276 e. The summed E-state index contributed by atoms with van der Waals surface area (Å²) in [6.45, 7) is 4.64. The summed E-state index contributed by atoms with van der Waals surface area (Å²) >= 11 is 5.98. The van der Waals surface area contributed by atoms with Gasteiger partial charge in [0.1, 0.15) is 0 Å². The van der Waals surface area contributed by atoms with Crippen molar-refractivity contribution in [2.24, 2.45) is 0 Å². The van der Waals surface area contributed by atoms with Gasteiger partial charge in [-0.2, -0.15) is 5.10 Å². The van der Waals surface area contributed by atoms with E-state index >= 15 is 0 Å². The van der Waals surface area contributed by atoms with Crippen LogP contribution >= 0.6 is 11.6 Å². The van der Waals surface area contributed by atoms with Crippen LogP contribution in [0.4, 0.5) is 5.69 Å². The largest absolute Gasteiger partial charge is 0.276 e. The summed E-state index contributed by atoms with van der Waals surface area (Å²) in [6, 6.07) is 14.4. The highest BCUT2D eigenvalue weighted by atomic mass is 35.5. The van der Waals surface area contributed by atoms with E-state index in [4.69, 9.17) is 11.6 Å². The molecule has 26 heavy (non-hydrogen) atoms. The molecule has 5 nitrogen and oxygen atoms in total.